The molecular weight excluding hydrogens is 428 g/mol. The number of rotatable bonds is 3. The molecule has 1 aliphatic heterocycles. The Hall–Kier alpha value is -2.77. The van der Waals surface area contributed by atoms with Gasteiger partial charge in [0.1, 0.15) is 11.6 Å². The van der Waals surface area contributed by atoms with Crippen molar-refractivity contribution in [2.75, 3.05) is 36.8 Å². The van der Waals surface area contributed by atoms with Crippen LogP contribution < -0.4 is 10.6 Å². The molecule has 0 radical (unpaired) electrons. The first-order valence-electron chi connectivity index (χ1n) is 9.71. The van der Waals surface area contributed by atoms with Gasteiger partial charge in [-0.2, -0.15) is 0 Å². The molecule has 0 bridgehead atoms. The molecule has 0 amide bonds. The van der Waals surface area contributed by atoms with E-state index in [4.69, 9.17) is 10.7 Å². The highest BCUT2D eigenvalue weighted by atomic mass is 79.9. The van der Waals surface area contributed by atoms with Crippen LogP contribution in [0.25, 0.3) is 21.8 Å². The number of anilines is 2. The highest BCUT2D eigenvalue weighted by Gasteiger charge is 2.20. The fourth-order valence-corrected chi connectivity index (χ4v) is 4.44. The summed E-state index contributed by atoms with van der Waals surface area (Å²) in [5.41, 5.74) is 9.29. The van der Waals surface area contributed by atoms with Crippen molar-refractivity contribution < 1.29 is 0 Å². The molecule has 1 aliphatic rings. The third-order valence-corrected chi connectivity index (χ3v) is 6.10. The van der Waals surface area contributed by atoms with Gasteiger partial charge < -0.3 is 10.6 Å². The van der Waals surface area contributed by atoms with Crippen molar-refractivity contribution in [2.45, 2.75) is 6.54 Å². The summed E-state index contributed by atoms with van der Waals surface area (Å²) in [4.78, 5) is 18.6. The van der Waals surface area contributed by atoms with Crippen LogP contribution in [0.15, 0.2) is 59.2 Å². The van der Waals surface area contributed by atoms with Crippen molar-refractivity contribution in [1.29, 1.82) is 0 Å². The van der Waals surface area contributed by atoms with Crippen LogP contribution in [0.3, 0.4) is 0 Å². The Balaban J connectivity index is 1.32. The van der Waals surface area contributed by atoms with Gasteiger partial charge in [0.2, 0.25) is 0 Å². The van der Waals surface area contributed by atoms with Gasteiger partial charge in [0.25, 0.3) is 0 Å². The molecule has 0 aliphatic carbocycles. The van der Waals surface area contributed by atoms with E-state index in [-0.39, 0.29) is 0 Å². The molecule has 146 valence electrons. The maximum Gasteiger partial charge on any atom is 0.145 e. The number of para-hydroxylation sites is 2. The molecule has 1 fully saturated rings. The summed E-state index contributed by atoms with van der Waals surface area (Å²) in [6, 6.07) is 16.2. The summed E-state index contributed by atoms with van der Waals surface area (Å²) in [6.07, 6.45) is 1.89. The number of hydrogen-bond donors (Lipinski definition) is 1. The normalized spacial score (nSPS) is 15.3. The Morgan fingerprint density at radius 1 is 0.897 bits per heavy atom. The van der Waals surface area contributed by atoms with Crippen molar-refractivity contribution in [3.63, 3.8) is 0 Å². The number of hydrogen-bond acceptors (Lipinski definition) is 6. The van der Waals surface area contributed by atoms with Gasteiger partial charge in [-0.3, -0.25) is 9.88 Å². The van der Waals surface area contributed by atoms with Crippen LogP contribution in [0.1, 0.15) is 5.82 Å². The summed E-state index contributed by atoms with van der Waals surface area (Å²) in [6.45, 7) is 4.52. The van der Waals surface area contributed by atoms with E-state index in [1.165, 1.54) is 11.1 Å². The number of fused-ring (bicyclic) bond motifs is 2. The largest absolute Gasteiger partial charge is 0.383 e. The molecule has 1 saturated heterocycles. The van der Waals surface area contributed by atoms with Crippen LogP contribution in [-0.4, -0.2) is 46.0 Å². The first-order chi connectivity index (χ1) is 14.2. The SMILES string of the molecule is Nc1nc(CN2CCN(c3ccnc4c(Br)cccc34)CC2)nc2ccccc12. The fraction of sp³-hybridized carbons (Fsp3) is 0.227. The quantitative estimate of drug-likeness (QED) is 0.513. The van der Waals surface area contributed by atoms with Crippen molar-refractivity contribution in [2.24, 2.45) is 0 Å². The van der Waals surface area contributed by atoms with Crippen molar-refractivity contribution in [3.8, 4) is 0 Å². The van der Waals surface area contributed by atoms with Gasteiger partial charge in [0.05, 0.1) is 17.6 Å². The molecule has 0 atom stereocenters. The minimum Gasteiger partial charge on any atom is -0.383 e. The first kappa shape index (κ1) is 18.3. The zero-order chi connectivity index (χ0) is 19.8. The smallest absolute Gasteiger partial charge is 0.145 e. The van der Waals surface area contributed by atoms with Crippen molar-refractivity contribution in [1.82, 2.24) is 19.9 Å². The predicted molar refractivity (Wildman–Crippen MR) is 121 cm³/mol. The zero-order valence-corrected chi connectivity index (χ0v) is 17.5. The van der Waals surface area contributed by atoms with Gasteiger partial charge in [0.15, 0.2) is 0 Å². The lowest BCUT2D eigenvalue weighted by molar-refractivity contribution is 0.244. The molecule has 5 rings (SSSR count). The maximum absolute atomic E-state index is 6.14. The number of halogens is 1. The lowest BCUT2D eigenvalue weighted by Gasteiger charge is -2.36. The van der Waals surface area contributed by atoms with E-state index in [2.05, 4.69) is 53.9 Å². The minimum absolute atomic E-state index is 0.554. The van der Waals surface area contributed by atoms with Crippen molar-refractivity contribution >= 4 is 49.2 Å². The molecule has 0 unspecified atom stereocenters. The lowest BCUT2D eigenvalue weighted by atomic mass is 10.1. The summed E-state index contributed by atoms with van der Waals surface area (Å²) in [5, 5.41) is 2.10. The molecule has 4 aromatic rings. The number of pyridine rings is 1. The second kappa shape index (κ2) is 7.57. The number of piperazine rings is 1. The summed E-state index contributed by atoms with van der Waals surface area (Å²) >= 11 is 3.61. The molecule has 2 aromatic heterocycles. The third kappa shape index (κ3) is 3.52. The third-order valence-electron chi connectivity index (χ3n) is 5.46. The van der Waals surface area contributed by atoms with Gasteiger partial charge in [0, 0.05) is 53.3 Å². The fourth-order valence-electron chi connectivity index (χ4n) is 3.97. The maximum atomic E-state index is 6.14. The topological polar surface area (TPSA) is 71.2 Å². The first-order valence-corrected chi connectivity index (χ1v) is 10.5. The molecule has 0 spiro atoms. The van der Waals surface area contributed by atoms with Crippen molar-refractivity contribution in [3.05, 3.63) is 65.0 Å². The number of nitrogens with two attached hydrogens (primary N) is 1. The Bertz CT molecular complexity index is 1190. The number of aromatic nitrogens is 3. The van der Waals surface area contributed by atoms with Crippen LogP contribution in [-0.2, 0) is 6.54 Å². The Kier molecular flexibility index (Phi) is 4.77. The van der Waals surface area contributed by atoms with E-state index in [0.29, 0.717) is 12.4 Å². The predicted octanol–water partition coefficient (Wildman–Crippen LogP) is 3.84. The molecule has 6 nitrogen and oxygen atoms in total. The number of benzene rings is 2. The van der Waals surface area contributed by atoms with Crippen LogP contribution in [0.2, 0.25) is 0 Å². The van der Waals surface area contributed by atoms with Crippen LogP contribution in [0.4, 0.5) is 11.5 Å². The lowest BCUT2D eigenvalue weighted by Crippen LogP contribution is -2.46. The average molecular weight is 449 g/mol. The van der Waals surface area contributed by atoms with E-state index in [1.807, 2.05) is 36.5 Å². The van der Waals surface area contributed by atoms with Crippen LogP contribution in [0.5, 0.6) is 0 Å². The standard InChI is InChI=1S/C22H21BrN6/c23-17-6-3-5-16-19(8-9-25-21(16)17)29-12-10-28(11-13-29)14-20-26-18-7-2-1-4-15(18)22(24)27-20/h1-9H,10-14H2,(H2,24,26,27). The molecule has 2 N–H and O–H groups in total. The second-order valence-corrected chi connectivity index (χ2v) is 8.13. The molecule has 0 saturated carbocycles. The zero-order valence-electron chi connectivity index (χ0n) is 15.9. The average Bonchev–Trinajstić information content (AvgIpc) is 2.74. The summed E-state index contributed by atoms with van der Waals surface area (Å²) in [7, 11) is 0. The van der Waals surface area contributed by atoms with Crippen LogP contribution in [0, 0.1) is 0 Å². The molecule has 2 aromatic carbocycles. The molecule has 7 heteroatoms. The number of nitrogen functional groups attached to an aromatic ring is 1. The molecular formula is C22H21BrN6. The number of nitrogens with zero attached hydrogens (tertiary/aromatic N) is 5. The highest BCUT2D eigenvalue weighted by molar-refractivity contribution is 9.10. The van der Waals surface area contributed by atoms with E-state index in [9.17, 15) is 0 Å². The Labute approximate surface area is 177 Å². The van der Waals surface area contributed by atoms with Crippen LogP contribution >= 0.6 is 15.9 Å². The van der Waals surface area contributed by atoms with Gasteiger partial charge in [-0.15, -0.1) is 0 Å². The van der Waals surface area contributed by atoms with E-state index >= 15 is 0 Å². The summed E-state index contributed by atoms with van der Waals surface area (Å²) in [5.74, 6) is 1.34. The minimum atomic E-state index is 0.554. The molecule has 29 heavy (non-hydrogen) atoms. The van der Waals surface area contributed by atoms with E-state index in [0.717, 1.165) is 52.9 Å². The Morgan fingerprint density at radius 3 is 2.55 bits per heavy atom. The van der Waals surface area contributed by atoms with Gasteiger partial charge in [-0.1, -0.05) is 24.3 Å². The van der Waals surface area contributed by atoms with Gasteiger partial charge in [-0.25, -0.2) is 9.97 Å². The van der Waals surface area contributed by atoms with E-state index in [1.54, 1.807) is 0 Å². The molecule has 3 heterocycles. The van der Waals surface area contributed by atoms with E-state index < -0.39 is 0 Å². The summed E-state index contributed by atoms with van der Waals surface area (Å²) < 4.78 is 1.03. The van der Waals surface area contributed by atoms with Gasteiger partial charge in [-0.05, 0) is 40.2 Å². The van der Waals surface area contributed by atoms with Gasteiger partial charge >= 0.3 is 0 Å². The monoisotopic (exact) mass is 448 g/mol. The highest BCUT2D eigenvalue weighted by Crippen LogP contribution is 2.30. The second-order valence-electron chi connectivity index (χ2n) is 7.27. The Morgan fingerprint density at radius 2 is 1.69 bits per heavy atom.